The van der Waals surface area contributed by atoms with Crippen LogP contribution in [0.4, 0.5) is 13.2 Å². The van der Waals surface area contributed by atoms with Crippen molar-refractivity contribution in [3.8, 4) is 22.4 Å². The molecular weight excluding hydrogens is 391 g/mol. The molecule has 0 spiro atoms. The van der Waals surface area contributed by atoms with Crippen LogP contribution in [0.25, 0.3) is 22.4 Å². The molecule has 150 valence electrons. The quantitative estimate of drug-likeness (QED) is 0.621. The molecule has 0 saturated heterocycles. The first-order valence-electron chi connectivity index (χ1n) is 8.35. The van der Waals surface area contributed by atoms with Gasteiger partial charge in [0.2, 0.25) is 0 Å². The summed E-state index contributed by atoms with van der Waals surface area (Å²) in [4.78, 5) is 23.1. The maximum Gasteiger partial charge on any atom is 0.416 e. The van der Waals surface area contributed by atoms with Crippen LogP contribution >= 0.6 is 0 Å². The number of H-pyrrole nitrogens is 1. The highest BCUT2D eigenvalue weighted by Gasteiger charge is 2.32. The number of carboxylic acids is 1. The molecule has 0 aliphatic rings. The third kappa shape index (κ3) is 4.26. The predicted octanol–water partition coefficient (Wildman–Crippen LogP) is 4.03. The number of ether oxygens (including phenoxy) is 1. The van der Waals surface area contributed by atoms with Crippen LogP contribution in [0.2, 0.25) is 0 Å². The lowest BCUT2D eigenvalue weighted by Gasteiger charge is -2.11. The molecule has 2 N–H and O–H groups in total. The van der Waals surface area contributed by atoms with Gasteiger partial charge in [-0.3, -0.25) is 0 Å². The molecule has 0 saturated carbocycles. The summed E-state index contributed by atoms with van der Waals surface area (Å²) in [6, 6.07) is 8.70. The van der Waals surface area contributed by atoms with E-state index in [1.807, 2.05) is 0 Å². The fourth-order valence-electron chi connectivity index (χ4n) is 2.68. The topological polar surface area (TPSA) is 105 Å². The van der Waals surface area contributed by atoms with Crippen LogP contribution in [0.5, 0.6) is 0 Å². The Bertz CT molecular complexity index is 1060. The number of hydrogen-bond donors (Lipinski definition) is 2. The first kappa shape index (κ1) is 20.1. The molecule has 29 heavy (non-hydrogen) atoms. The Labute approximate surface area is 162 Å². The number of aromatic carboxylic acids is 1. The summed E-state index contributed by atoms with van der Waals surface area (Å²) in [6.07, 6.45) is -4.69. The molecule has 0 amide bonds. The molecule has 0 aliphatic heterocycles. The number of halogens is 3. The van der Waals surface area contributed by atoms with Gasteiger partial charge >= 0.3 is 18.1 Å². The smallest absolute Gasteiger partial charge is 0.416 e. The van der Waals surface area contributed by atoms with E-state index in [0.717, 1.165) is 12.1 Å². The molecule has 0 unspecified atom stereocenters. The van der Waals surface area contributed by atoms with Gasteiger partial charge < -0.3 is 9.84 Å². The largest absolute Gasteiger partial charge is 0.478 e. The van der Waals surface area contributed by atoms with Crippen LogP contribution in [0.15, 0.2) is 42.5 Å². The molecule has 3 aromatic rings. The molecule has 3 rings (SSSR count). The summed E-state index contributed by atoms with van der Waals surface area (Å²) < 4.78 is 44.2. The SMILES string of the molecule is CCOC(=O)c1n[nH]nc1-c1ccc(-c2cc(C(=O)O)cc(C(F)(F)F)c2)cc1. The van der Waals surface area contributed by atoms with Gasteiger partial charge in [0, 0.05) is 5.56 Å². The zero-order valence-corrected chi connectivity index (χ0v) is 14.9. The Balaban J connectivity index is 2.00. The average Bonchev–Trinajstić information content (AvgIpc) is 3.17. The molecule has 0 aliphatic carbocycles. The maximum absolute atomic E-state index is 13.1. The Morgan fingerprint density at radius 2 is 1.69 bits per heavy atom. The van der Waals surface area contributed by atoms with E-state index < -0.39 is 29.2 Å². The first-order chi connectivity index (χ1) is 13.7. The van der Waals surface area contributed by atoms with Crippen molar-refractivity contribution in [2.75, 3.05) is 6.61 Å². The molecule has 0 fully saturated rings. The molecule has 0 radical (unpaired) electrons. The fraction of sp³-hybridized carbons (Fsp3) is 0.158. The van der Waals surface area contributed by atoms with Crippen LogP contribution in [-0.2, 0) is 10.9 Å². The highest BCUT2D eigenvalue weighted by Crippen LogP contribution is 2.34. The van der Waals surface area contributed by atoms with Crippen molar-refractivity contribution in [2.24, 2.45) is 0 Å². The lowest BCUT2D eigenvalue weighted by molar-refractivity contribution is -0.137. The minimum atomic E-state index is -4.69. The second-order valence-electron chi connectivity index (χ2n) is 5.92. The molecule has 1 aromatic heterocycles. The van der Waals surface area contributed by atoms with Gasteiger partial charge in [0.05, 0.1) is 17.7 Å². The van der Waals surface area contributed by atoms with Crippen molar-refractivity contribution in [3.05, 3.63) is 59.3 Å². The fourth-order valence-corrected chi connectivity index (χ4v) is 2.68. The normalized spacial score (nSPS) is 11.3. The van der Waals surface area contributed by atoms with Gasteiger partial charge in [-0.15, -0.1) is 5.10 Å². The van der Waals surface area contributed by atoms with E-state index in [9.17, 15) is 22.8 Å². The summed E-state index contributed by atoms with van der Waals surface area (Å²) in [6.45, 7) is 1.80. The van der Waals surface area contributed by atoms with Gasteiger partial charge in [-0.25, -0.2) is 9.59 Å². The van der Waals surface area contributed by atoms with Crippen molar-refractivity contribution in [2.45, 2.75) is 13.1 Å². The van der Waals surface area contributed by atoms with E-state index in [0.29, 0.717) is 17.2 Å². The molecule has 2 aromatic carbocycles. The number of aromatic amines is 1. The van der Waals surface area contributed by atoms with E-state index in [-0.39, 0.29) is 23.6 Å². The van der Waals surface area contributed by atoms with Crippen molar-refractivity contribution in [3.63, 3.8) is 0 Å². The summed E-state index contributed by atoms with van der Waals surface area (Å²) in [5.41, 5.74) is -0.385. The van der Waals surface area contributed by atoms with Crippen molar-refractivity contribution < 1.29 is 32.6 Å². The maximum atomic E-state index is 13.1. The van der Waals surface area contributed by atoms with Crippen LogP contribution < -0.4 is 0 Å². The zero-order valence-electron chi connectivity index (χ0n) is 14.9. The summed E-state index contributed by atoms with van der Waals surface area (Å²) in [7, 11) is 0. The second-order valence-corrected chi connectivity index (χ2v) is 5.92. The number of rotatable bonds is 5. The number of nitrogens with zero attached hydrogens (tertiary/aromatic N) is 2. The average molecular weight is 405 g/mol. The minimum absolute atomic E-state index is 0.0215. The number of aromatic nitrogens is 3. The van der Waals surface area contributed by atoms with Gasteiger partial charge in [0.15, 0.2) is 5.69 Å². The van der Waals surface area contributed by atoms with Crippen LogP contribution in [0, 0.1) is 0 Å². The third-order valence-electron chi connectivity index (χ3n) is 4.02. The number of nitrogens with one attached hydrogen (secondary N) is 1. The molecule has 10 heteroatoms. The molecule has 0 bridgehead atoms. The first-order valence-corrected chi connectivity index (χ1v) is 8.35. The zero-order chi connectivity index (χ0) is 21.2. The van der Waals surface area contributed by atoms with Crippen LogP contribution in [0.1, 0.15) is 33.3 Å². The molecular formula is C19H14F3N3O4. The standard InChI is InChI=1S/C19H14F3N3O4/c1-2-29-18(28)16-15(23-25-24-16)11-5-3-10(4-6-11)12-7-13(17(26)27)9-14(8-12)19(20,21)22/h3-9H,2H2,1H3,(H,26,27)(H,23,24,25). The predicted molar refractivity (Wildman–Crippen MR) is 95.2 cm³/mol. The number of alkyl halides is 3. The number of benzene rings is 2. The lowest BCUT2D eigenvalue weighted by atomic mass is 9.98. The van der Waals surface area contributed by atoms with E-state index in [1.165, 1.54) is 24.3 Å². The summed E-state index contributed by atoms with van der Waals surface area (Å²) >= 11 is 0. The van der Waals surface area contributed by atoms with E-state index in [1.54, 1.807) is 6.92 Å². The van der Waals surface area contributed by atoms with Crippen molar-refractivity contribution >= 4 is 11.9 Å². The Morgan fingerprint density at radius 1 is 1.03 bits per heavy atom. The number of carbonyl (C=O) groups is 2. The second kappa shape index (κ2) is 7.74. The van der Waals surface area contributed by atoms with E-state index >= 15 is 0 Å². The minimum Gasteiger partial charge on any atom is -0.478 e. The number of carboxylic acid groups (broad SMARTS) is 1. The lowest BCUT2D eigenvalue weighted by Crippen LogP contribution is -2.08. The Hall–Kier alpha value is -3.69. The van der Waals surface area contributed by atoms with Crippen molar-refractivity contribution in [1.82, 2.24) is 15.4 Å². The van der Waals surface area contributed by atoms with Gasteiger partial charge in [-0.2, -0.15) is 23.5 Å². The van der Waals surface area contributed by atoms with Crippen LogP contribution in [-0.4, -0.2) is 39.1 Å². The number of esters is 1. The monoisotopic (exact) mass is 405 g/mol. The van der Waals surface area contributed by atoms with E-state index in [2.05, 4.69) is 15.4 Å². The third-order valence-corrected chi connectivity index (χ3v) is 4.02. The Kier molecular flexibility index (Phi) is 5.35. The highest BCUT2D eigenvalue weighted by molar-refractivity contribution is 5.94. The van der Waals surface area contributed by atoms with Crippen LogP contribution in [0.3, 0.4) is 0 Å². The van der Waals surface area contributed by atoms with Gasteiger partial charge in [-0.1, -0.05) is 24.3 Å². The molecule has 0 atom stereocenters. The summed E-state index contributed by atoms with van der Waals surface area (Å²) in [5.74, 6) is -2.13. The number of carbonyl (C=O) groups excluding carboxylic acids is 1. The molecule has 1 heterocycles. The van der Waals surface area contributed by atoms with Gasteiger partial charge in [0.1, 0.15) is 5.69 Å². The van der Waals surface area contributed by atoms with Crippen molar-refractivity contribution in [1.29, 1.82) is 0 Å². The number of hydrogen-bond acceptors (Lipinski definition) is 5. The molecule has 7 nitrogen and oxygen atoms in total. The summed E-state index contributed by atoms with van der Waals surface area (Å²) in [5, 5.41) is 19.1. The van der Waals surface area contributed by atoms with Gasteiger partial charge in [0.25, 0.3) is 0 Å². The Morgan fingerprint density at radius 3 is 2.28 bits per heavy atom. The van der Waals surface area contributed by atoms with E-state index in [4.69, 9.17) is 9.84 Å². The highest BCUT2D eigenvalue weighted by atomic mass is 19.4. The van der Waals surface area contributed by atoms with Gasteiger partial charge in [-0.05, 0) is 36.2 Å².